The van der Waals surface area contributed by atoms with Crippen molar-refractivity contribution in [1.82, 2.24) is 5.43 Å². The normalized spacial score (nSPS) is 10.8. The van der Waals surface area contributed by atoms with Gasteiger partial charge in [-0.3, -0.25) is 9.59 Å². The summed E-state index contributed by atoms with van der Waals surface area (Å²) in [6.45, 7) is 5.90. The SMILES string of the molecule is CCOc1cc(/C=N/NC(=O)C(=O)Nc2cc(C)cc(C)c2)ccc1OCc1c(F)cccc1Cl. The second-order valence-electron chi connectivity index (χ2n) is 7.66. The molecule has 0 aliphatic carbocycles. The summed E-state index contributed by atoms with van der Waals surface area (Å²) in [4.78, 5) is 24.2. The molecule has 7 nitrogen and oxygen atoms in total. The summed E-state index contributed by atoms with van der Waals surface area (Å²) >= 11 is 6.05. The van der Waals surface area contributed by atoms with E-state index >= 15 is 0 Å². The molecule has 182 valence electrons. The Morgan fingerprint density at radius 1 is 1.00 bits per heavy atom. The Morgan fingerprint density at radius 3 is 2.43 bits per heavy atom. The van der Waals surface area contributed by atoms with Gasteiger partial charge in [-0.2, -0.15) is 5.10 Å². The van der Waals surface area contributed by atoms with Gasteiger partial charge in [0.2, 0.25) is 0 Å². The fourth-order valence-corrected chi connectivity index (χ4v) is 3.48. The van der Waals surface area contributed by atoms with E-state index in [0.717, 1.165) is 11.1 Å². The number of halogens is 2. The second-order valence-corrected chi connectivity index (χ2v) is 8.06. The molecule has 0 saturated carbocycles. The lowest BCUT2D eigenvalue weighted by atomic mass is 10.1. The predicted octanol–water partition coefficient (Wildman–Crippen LogP) is 5.16. The molecule has 3 rings (SSSR count). The van der Waals surface area contributed by atoms with Gasteiger partial charge in [-0.15, -0.1) is 0 Å². The maximum Gasteiger partial charge on any atom is 0.329 e. The molecule has 9 heteroatoms. The van der Waals surface area contributed by atoms with Gasteiger partial charge in [0.25, 0.3) is 0 Å². The van der Waals surface area contributed by atoms with Crippen LogP contribution in [0, 0.1) is 19.7 Å². The molecule has 35 heavy (non-hydrogen) atoms. The van der Waals surface area contributed by atoms with Crippen molar-refractivity contribution in [3.8, 4) is 11.5 Å². The van der Waals surface area contributed by atoms with Crippen molar-refractivity contribution >= 4 is 35.3 Å². The Bertz CT molecular complexity index is 1220. The topological polar surface area (TPSA) is 89.0 Å². The van der Waals surface area contributed by atoms with Crippen LogP contribution in [0.3, 0.4) is 0 Å². The van der Waals surface area contributed by atoms with Crippen LogP contribution in [0.4, 0.5) is 10.1 Å². The molecule has 0 heterocycles. The van der Waals surface area contributed by atoms with Gasteiger partial charge in [-0.25, -0.2) is 9.82 Å². The van der Waals surface area contributed by atoms with Gasteiger partial charge in [0.05, 0.1) is 17.8 Å². The molecular weight excluding hydrogens is 473 g/mol. The number of nitrogens with one attached hydrogen (secondary N) is 2. The molecule has 0 aliphatic heterocycles. The molecular formula is C26H25ClFN3O4. The zero-order valence-electron chi connectivity index (χ0n) is 19.5. The fourth-order valence-electron chi connectivity index (χ4n) is 3.26. The van der Waals surface area contributed by atoms with Crippen LogP contribution in [0.15, 0.2) is 59.7 Å². The molecule has 0 spiro atoms. The molecule has 2 N–H and O–H groups in total. The van der Waals surface area contributed by atoms with E-state index in [1.54, 1.807) is 36.4 Å². The Balaban J connectivity index is 1.63. The first-order chi connectivity index (χ1) is 16.8. The van der Waals surface area contributed by atoms with Crippen LogP contribution >= 0.6 is 11.6 Å². The summed E-state index contributed by atoms with van der Waals surface area (Å²) in [5.74, 6) is -1.41. The van der Waals surface area contributed by atoms with Crippen molar-refractivity contribution in [2.24, 2.45) is 5.10 Å². The predicted molar refractivity (Wildman–Crippen MR) is 134 cm³/mol. The number of ether oxygens (including phenoxy) is 2. The van der Waals surface area contributed by atoms with E-state index in [9.17, 15) is 14.0 Å². The summed E-state index contributed by atoms with van der Waals surface area (Å²) in [6, 6.07) is 14.9. The highest BCUT2D eigenvalue weighted by atomic mass is 35.5. The first-order valence-electron chi connectivity index (χ1n) is 10.8. The smallest absolute Gasteiger partial charge is 0.329 e. The first-order valence-corrected chi connectivity index (χ1v) is 11.2. The van der Waals surface area contributed by atoms with E-state index in [4.69, 9.17) is 21.1 Å². The lowest BCUT2D eigenvalue weighted by molar-refractivity contribution is -0.136. The van der Waals surface area contributed by atoms with Crippen LogP contribution in [-0.2, 0) is 16.2 Å². The van der Waals surface area contributed by atoms with Crippen molar-refractivity contribution in [1.29, 1.82) is 0 Å². The molecule has 0 bridgehead atoms. The number of hydrazone groups is 1. The molecule has 0 unspecified atom stereocenters. The van der Waals surface area contributed by atoms with Gasteiger partial charge < -0.3 is 14.8 Å². The van der Waals surface area contributed by atoms with Gasteiger partial charge in [0, 0.05) is 11.3 Å². The minimum atomic E-state index is -0.910. The molecule has 2 amide bonds. The summed E-state index contributed by atoms with van der Waals surface area (Å²) in [7, 11) is 0. The summed E-state index contributed by atoms with van der Waals surface area (Å²) in [5, 5.41) is 6.65. The lowest BCUT2D eigenvalue weighted by Crippen LogP contribution is -2.32. The number of hydrogen-bond acceptors (Lipinski definition) is 5. The van der Waals surface area contributed by atoms with E-state index in [0.29, 0.717) is 29.4 Å². The molecule has 3 aromatic rings. The highest BCUT2D eigenvalue weighted by Gasteiger charge is 2.14. The van der Waals surface area contributed by atoms with Crippen molar-refractivity contribution in [2.75, 3.05) is 11.9 Å². The number of rotatable bonds is 8. The summed E-state index contributed by atoms with van der Waals surface area (Å²) in [6.07, 6.45) is 1.36. The van der Waals surface area contributed by atoms with E-state index in [-0.39, 0.29) is 17.2 Å². The molecule has 0 radical (unpaired) electrons. The molecule has 0 saturated heterocycles. The number of carbonyl (C=O) groups is 2. The van der Waals surface area contributed by atoms with E-state index in [2.05, 4.69) is 15.8 Å². The molecule has 0 fully saturated rings. The average molecular weight is 498 g/mol. The molecule has 0 aliphatic rings. The zero-order valence-corrected chi connectivity index (χ0v) is 20.3. The minimum absolute atomic E-state index is 0.0787. The van der Waals surface area contributed by atoms with Gasteiger partial charge in [0.1, 0.15) is 12.4 Å². The monoisotopic (exact) mass is 497 g/mol. The number of carbonyl (C=O) groups excluding carboxylic acids is 2. The van der Waals surface area contributed by atoms with Crippen molar-refractivity contribution < 1.29 is 23.5 Å². The van der Waals surface area contributed by atoms with Gasteiger partial charge in [-0.1, -0.05) is 23.7 Å². The maximum atomic E-state index is 14.0. The summed E-state index contributed by atoms with van der Waals surface area (Å²) < 4.78 is 25.3. The van der Waals surface area contributed by atoms with E-state index in [1.807, 2.05) is 26.8 Å². The Morgan fingerprint density at radius 2 is 1.74 bits per heavy atom. The van der Waals surface area contributed by atoms with Crippen LogP contribution in [-0.4, -0.2) is 24.6 Å². The zero-order chi connectivity index (χ0) is 25.4. The quantitative estimate of drug-likeness (QED) is 0.255. The third kappa shape index (κ3) is 7.28. The van der Waals surface area contributed by atoms with Crippen LogP contribution in [0.1, 0.15) is 29.2 Å². The Kier molecular flexibility index (Phi) is 8.80. The van der Waals surface area contributed by atoms with Crippen LogP contribution in [0.2, 0.25) is 5.02 Å². The standard InChI is InChI=1S/C26H25ClFN3O4/c1-4-34-24-13-18(8-9-23(24)35-15-20-21(27)6-5-7-22(20)28)14-29-31-26(33)25(32)30-19-11-16(2)10-17(3)12-19/h5-14H,4,15H2,1-3H3,(H,30,32)(H,31,33)/b29-14+. The third-order valence-corrected chi connectivity index (χ3v) is 5.12. The molecule has 3 aromatic carbocycles. The summed E-state index contributed by atoms with van der Waals surface area (Å²) in [5.41, 5.74) is 5.48. The number of aryl methyl sites for hydroxylation is 2. The van der Waals surface area contributed by atoms with E-state index in [1.165, 1.54) is 18.3 Å². The second kappa shape index (κ2) is 12.0. The first kappa shape index (κ1) is 25.7. The Hall–Kier alpha value is -3.91. The Labute approximate surface area is 207 Å². The van der Waals surface area contributed by atoms with Crippen LogP contribution in [0.25, 0.3) is 0 Å². The average Bonchev–Trinajstić information content (AvgIpc) is 2.79. The van der Waals surface area contributed by atoms with Gasteiger partial charge in [0.15, 0.2) is 11.5 Å². The van der Waals surface area contributed by atoms with Crippen molar-refractivity contribution in [3.05, 3.63) is 87.7 Å². The third-order valence-electron chi connectivity index (χ3n) is 4.77. The fraction of sp³-hybridized carbons (Fsp3) is 0.192. The number of amides is 2. The van der Waals surface area contributed by atoms with Gasteiger partial charge in [-0.05, 0) is 79.9 Å². The number of benzene rings is 3. The maximum absolute atomic E-state index is 14.0. The minimum Gasteiger partial charge on any atom is -0.490 e. The van der Waals surface area contributed by atoms with Crippen molar-refractivity contribution in [3.63, 3.8) is 0 Å². The lowest BCUT2D eigenvalue weighted by Gasteiger charge is -2.13. The number of hydrogen-bond donors (Lipinski definition) is 2. The number of nitrogens with zero attached hydrogens (tertiary/aromatic N) is 1. The molecule has 0 atom stereocenters. The largest absolute Gasteiger partial charge is 0.490 e. The van der Waals surface area contributed by atoms with E-state index < -0.39 is 17.6 Å². The number of anilines is 1. The van der Waals surface area contributed by atoms with Crippen LogP contribution < -0.4 is 20.2 Å². The van der Waals surface area contributed by atoms with Gasteiger partial charge >= 0.3 is 11.8 Å². The van der Waals surface area contributed by atoms with Crippen molar-refractivity contribution in [2.45, 2.75) is 27.4 Å². The highest BCUT2D eigenvalue weighted by Crippen LogP contribution is 2.30. The van der Waals surface area contributed by atoms with Crippen LogP contribution in [0.5, 0.6) is 11.5 Å². The molecule has 0 aromatic heterocycles. The highest BCUT2D eigenvalue weighted by molar-refractivity contribution is 6.39.